The Balaban J connectivity index is 3.12. The molecule has 0 unspecified atom stereocenters. The first-order valence-corrected chi connectivity index (χ1v) is 5.19. The summed E-state index contributed by atoms with van der Waals surface area (Å²) in [5, 5.41) is 0. The lowest BCUT2D eigenvalue weighted by atomic mass is 10.2. The fourth-order valence-electron chi connectivity index (χ4n) is 0.836. The highest BCUT2D eigenvalue weighted by molar-refractivity contribution is 9.16. The quantitative estimate of drug-likeness (QED) is 0.700. The van der Waals surface area contributed by atoms with Gasteiger partial charge in [0.1, 0.15) is 4.48 Å². The molecule has 0 atom stereocenters. The van der Waals surface area contributed by atoms with E-state index in [-0.39, 0.29) is 4.48 Å². The van der Waals surface area contributed by atoms with E-state index < -0.39 is 10.7 Å². The third kappa shape index (κ3) is 2.85. The van der Waals surface area contributed by atoms with Gasteiger partial charge in [-0.3, -0.25) is 0 Å². The third-order valence-corrected chi connectivity index (χ3v) is 3.70. The molecule has 1 aromatic carbocycles. The van der Waals surface area contributed by atoms with Gasteiger partial charge in [0.05, 0.1) is 0 Å². The third-order valence-electron chi connectivity index (χ3n) is 1.47. The van der Waals surface area contributed by atoms with E-state index >= 15 is 0 Å². The average molecular weight is 330 g/mol. The molecule has 0 aromatic heterocycles. The van der Waals surface area contributed by atoms with E-state index in [1.165, 1.54) is 0 Å². The van der Waals surface area contributed by atoms with E-state index in [9.17, 15) is 13.2 Å². The highest BCUT2D eigenvalue weighted by Crippen LogP contribution is 2.39. The summed E-state index contributed by atoms with van der Waals surface area (Å²) in [4.78, 5) is 0. The summed E-state index contributed by atoms with van der Waals surface area (Å²) in [6, 6.07) is 8.28. The van der Waals surface area contributed by atoms with Crippen LogP contribution in [-0.4, -0.2) is 6.18 Å². The SMILES string of the molecule is FC(F)(F)C(Br)=C(Br)c1ccccc1. The van der Waals surface area contributed by atoms with Gasteiger partial charge in [-0.15, -0.1) is 0 Å². The number of rotatable bonds is 1. The maximum atomic E-state index is 12.3. The van der Waals surface area contributed by atoms with Crippen molar-refractivity contribution in [2.24, 2.45) is 0 Å². The summed E-state index contributed by atoms with van der Waals surface area (Å²) in [5.41, 5.74) is 0.483. The first-order valence-electron chi connectivity index (χ1n) is 3.61. The predicted octanol–water partition coefficient (Wildman–Crippen LogP) is 4.71. The van der Waals surface area contributed by atoms with Crippen molar-refractivity contribution in [3.05, 3.63) is 40.4 Å². The topological polar surface area (TPSA) is 0 Å². The normalized spacial score (nSPS) is 13.8. The first kappa shape index (κ1) is 11.8. The Labute approximate surface area is 96.1 Å². The van der Waals surface area contributed by atoms with Gasteiger partial charge < -0.3 is 0 Å². The van der Waals surface area contributed by atoms with Crippen LogP contribution in [0.3, 0.4) is 0 Å². The molecule has 0 spiro atoms. The average Bonchev–Trinajstić information content (AvgIpc) is 2.15. The number of hydrogen-bond acceptors (Lipinski definition) is 0. The second-order valence-electron chi connectivity index (χ2n) is 2.49. The molecule has 0 N–H and O–H groups in total. The second-order valence-corrected chi connectivity index (χ2v) is 4.08. The Morgan fingerprint density at radius 3 is 1.93 bits per heavy atom. The van der Waals surface area contributed by atoms with Crippen molar-refractivity contribution >= 4 is 36.3 Å². The van der Waals surface area contributed by atoms with E-state index in [4.69, 9.17) is 0 Å². The molecule has 0 aliphatic rings. The molecule has 14 heavy (non-hydrogen) atoms. The van der Waals surface area contributed by atoms with Gasteiger partial charge in [0.2, 0.25) is 0 Å². The van der Waals surface area contributed by atoms with Gasteiger partial charge in [0.25, 0.3) is 0 Å². The lowest BCUT2D eigenvalue weighted by Gasteiger charge is -2.08. The number of hydrogen-bond donors (Lipinski definition) is 0. The Bertz CT molecular complexity index is 341. The molecule has 76 valence electrons. The number of halogens is 5. The molecule has 0 heterocycles. The molecule has 0 amide bonds. The van der Waals surface area contributed by atoms with Gasteiger partial charge in [0, 0.05) is 4.48 Å². The monoisotopic (exact) mass is 328 g/mol. The lowest BCUT2D eigenvalue weighted by Crippen LogP contribution is -2.07. The summed E-state index contributed by atoms with van der Waals surface area (Å²) in [6.45, 7) is 0. The van der Waals surface area contributed by atoms with Crippen LogP contribution in [0.4, 0.5) is 13.2 Å². The van der Waals surface area contributed by atoms with Crippen LogP contribution < -0.4 is 0 Å². The van der Waals surface area contributed by atoms with Crippen LogP contribution in [0.15, 0.2) is 34.8 Å². The Hall–Kier alpha value is -0.290. The Morgan fingerprint density at radius 2 is 1.50 bits per heavy atom. The van der Waals surface area contributed by atoms with E-state index in [2.05, 4.69) is 31.9 Å². The van der Waals surface area contributed by atoms with Crippen molar-refractivity contribution < 1.29 is 13.2 Å². The zero-order valence-electron chi connectivity index (χ0n) is 6.78. The predicted molar refractivity (Wildman–Crippen MR) is 57.3 cm³/mol. The van der Waals surface area contributed by atoms with Gasteiger partial charge in [-0.2, -0.15) is 13.2 Å². The van der Waals surface area contributed by atoms with E-state index in [0.29, 0.717) is 5.56 Å². The van der Waals surface area contributed by atoms with E-state index in [0.717, 1.165) is 0 Å². The van der Waals surface area contributed by atoms with Gasteiger partial charge >= 0.3 is 6.18 Å². The fourth-order valence-corrected chi connectivity index (χ4v) is 1.55. The lowest BCUT2D eigenvalue weighted by molar-refractivity contribution is -0.0821. The maximum Gasteiger partial charge on any atom is 0.423 e. The fraction of sp³-hybridized carbons (Fsp3) is 0.111. The number of benzene rings is 1. The molecule has 0 saturated heterocycles. The van der Waals surface area contributed by atoms with Crippen LogP contribution in [0.25, 0.3) is 4.48 Å². The Kier molecular flexibility index (Phi) is 3.78. The summed E-state index contributed by atoms with van der Waals surface area (Å²) in [5.74, 6) is 0. The van der Waals surface area contributed by atoms with Crippen LogP contribution in [0.2, 0.25) is 0 Å². The van der Waals surface area contributed by atoms with Gasteiger partial charge in [-0.1, -0.05) is 30.3 Å². The number of alkyl halides is 3. The van der Waals surface area contributed by atoms with Crippen LogP contribution in [-0.2, 0) is 0 Å². The molecule has 0 fully saturated rings. The summed E-state index contributed by atoms with van der Waals surface area (Å²) < 4.78 is 35.9. The van der Waals surface area contributed by atoms with Gasteiger partial charge in [0.15, 0.2) is 0 Å². The summed E-state index contributed by atoms with van der Waals surface area (Å²) in [7, 11) is 0. The van der Waals surface area contributed by atoms with Crippen molar-refractivity contribution in [2.75, 3.05) is 0 Å². The molecule has 1 rings (SSSR count). The van der Waals surface area contributed by atoms with E-state index in [1.807, 2.05) is 0 Å². The van der Waals surface area contributed by atoms with Gasteiger partial charge in [-0.05, 0) is 37.4 Å². The standard InChI is InChI=1S/C9H5Br2F3/c10-7(8(11)9(12,13)14)6-4-2-1-3-5-6/h1-5H. The molecule has 0 aliphatic heterocycles. The van der Waals surface area contributed by atoms with Crippen molar-refractivity contribution in [2.45, 2.75) is 6.18 Å². The minimum atomic E-state index is -4.37. The highest BCUT2D eigenvalue weighted by atomic mass is 79.9. The maximum absolute atomic E-state index is 12.3. The van der Waals surface area contributed by atoms with Crippen LogP contribution in [0.5, 0.6) is 0 Å². The second kappa shape index (κ2) is 4.49. The summed E-state index contributed by atoms with van der Waals surface area (Å²) >= 11 is 5.41. The summed E-state index contributed by atoms with van der Waals surface area (Å²) in [6.07, 6.45) is -4.37. The Morgan fingerprint density at radius 1 is 1.00 bits per heavy atom. The van der Waals surface area contributed by atoms with Crippen LogP contribution >= 0.6 is 31.9 Å². The van der Waals surface area contributed by atoms with E-state index in [1.54, 1.807) is 30.3 Å². The molecule has 0 nitrogen and oxygen atoms in total. The molecule has 5 heteroatoms. The molecule has 0 saturated carbocycles. The van der Waals surface area contributed by atoms with Crippen molar-refractivity contribution in [1.82, 2.24) is 0 Å². The van der Waals surface area contributed by atoms with Crippen LogP contribution in [0, 0.1) is 0 Å². The van der Waals surface area contributed by atoms with Crippen LogP contribution in [0.1, 0.15) is 5.56 Å². The van der Waals surface area contributed by atoms with Crippen molar-refractivity contribution in [1.29, 1.82) is 0 Å². The van der Waals surface area contributed by atoms with Crippen molar-refractivity contribution in [3.63, 3.8) is 0 Å². The first-order chi connectivity index (χ1) is 6.43. The molecule has 0 aliphatic carbocycles. The minimum absolute atomic E-state index is 0.00519. The smallest absolute Gasteiger partial charge is 0.166 e. The number of allylic oxidation sites excluding steroid dienone is 1. The zero-order valence-corrected chi connectivity index (χ0v) is 9.95. The zero-order chi connectivity index (χ0) is 10.8. The molecule has 1 aromatic rings. The minimum Gasteiger partial charge on any atom is -0.166 e. The molecule has 0 radical (unpaired) electrons. The molecule has 0 bridgehead atoms. The van der Waals surface area contributed by atoms with Gasteiger partial charge in [-0.25, -0.2) is 0 Å². The molecular formula is C9H5Br2F3. The largest absolute Gasteiger partial charge is 0.423 e. The molecular weight excluding hydrogens is 325 g/mol. The van der Waals surface area contributed by atoms with Crippen molar-refractivity contribution in [3.8, 4) is 0 Å². The highest BCUT2D eigenvalue weighted by Gasteiger charge is 2.34.